The highest BCUT2D eigenvalue weighted by Gasteiger charge is 2.23. The molecular formula is C15H19NO2. The van der Waals surface area contributed by atoms with Crippen molar-refractivity contribution in [3.63, 3.8) is 0 Å². The Balaban J connectivity index is 0.000000574. The van der Waals surface area contributed by atoms with Crippen molar-refractivity contribution in [2.75, 3.05) is 7.11 Å². The number of benzene rings is 1. The van der Waals surface area contributed by atoms with Crippen molar-refractivity contribution in [1.82, 2.24) is 4.98 Å². The van der Waals surface area contributed by atoms with E-state index in [-0.39, 0.29) is 0 Å². The molecule has 1 aliphatic rings. The van der Waals surface area contributed by atoms with Gasteiger partial charge in [0.15, 0.2) is 0 Å². The minimum absolute atomic E-state index is 0.432. The van der Waals surface area contributed by atoms with E-state index in [1.807, 2.05) is 38.1 Å². The second kappa shape index (κ2) is 5.71. The Morgan fingerprint density at radius 1 is 1.17 bits per heavy atom. The molecule has 1 aromatic heterocycles. The van der Waals surface area contributed by atoms with Gasteiger partial charge in [-0.2, -0.15) is 0 Å². The van der Waals surface area contributed by atoms with Crippen LogP contribution in [0.4, 0.5) is 0 Å². The van der Waals surface area contributed by atoms with Gasteiger partial charge in [-0.25, -0.2) is 4.98 Å². The van der Waals surface area contributed by atoms with E-state index < -0.39 is 0 Å². The Morgan fingerprint density at radius 3 is 2.61 bits per heavy atom. The third kappa shape index (κ3) is 2.73. The van der Waals surface area contributed by atoms with Crippen molar-refractivity contribution < 1.29 is 9.47 Å². The van der Waals surface area contributed by atoms with Gasteiger partial charge in [-0.05, 0) is 42.5 Å². The summed E-state index contributed by atoms with van der Waals surface area (Å²) in [4.78, 5) is 4.17. The molecule has 0 atom stereocenters. The first-order chi connectivity index (χ1) is 8.86. The molecule has 0 radical (unpaired) electrons. The van der Waals surface area contributed by atoms with Crippen LogP contribution in [0.25, 0.3) is 10.8 Å². The standard InChI is InChI=1S/C13H13NO2.C2H6/c1-15-13-12-5-4-11(16-10-2-3-10)8-9(12)6-7-14-13;1-2/h4-8,10H,2-3H2,1H3;1-2H3. The maximum absolute atomic E-state index is 5.75. The molecule has 0 unspecified atom stereocenters. The molecule has 1 fully saturated rings. The number of hydrogen-bond acceptors (Lipinski definition) is 3. The van der Waals surface area contributed by atoms with Gasteiger partial charge in [-0.1, -0.05) is 13.8 Å². The van der Waals surface area contributed by atoms with Crippen LogP contribution in [-0.2, 0) is 0 Å². The Labute approximate surface area is 108 Å². The van der Waals surface area contributed by atoms with Crippen molar-refractivity contribution in [1.29, 1.82) is 0 Å². The van der Waals surface area contributed by atoms with E-state index in [1.54, 1.807) is 13.3 Å². The second-order valence-corrected chi connectivity index (χ2v) is 4.02. The van der Waals surface area contributed by atoms with Gasteiger partial charge < -0.3 is 9.47 Å². The van der Waals surface area contributed by atoms with Crippen LogP contribution in [-0.4, -0.2) is 18.2 Å². The van der Waals surface area contributed by atoms with Gasteiger partial charge in [0, 0.05) is 11.6 Å². The summed E-state index contributed by atoms with van der Waals surface area (Å²) in [7, 11) is 1.64. The SMILES string of the molecule is CC.COc1nccc2cc(OC3CC3)ccc12. The van der Waals surface area contributed by atoms with E-state index >= 15 is 0 Å². The molecule has 1 aromatic carbocycles. The van der Waals surface area contributed by atoms with Crippen LogP contribution >= 0.6 is 0 Å². The maximum Gasteiger partial charge on any atom is 0.221 e. The number of hydrogen-bond donors (Lipinski definition) is 0. The smallest absolute Gasteiger partial charge is 0.221 e. The van der Waals surface area contributed by atoms with Crippen LogP contribution in [0, 0.1) is 0 Å². The lowest BCUT2D eigenvalue weighted by molar-refractivity contribution is 0.303. The lowest BCUT2D eigenvalue weighted by atomic mass is 10.1. The molecule has 0 bridgehead atoms. The van der Waals surface area contributed by atoms with Crippen LogP contribution in [0.15, 0.2) is 30.5 Å². The Kier molecular flexibility index (Phi) is 4.03. The molecule has 3 rings (SSSR count). The summed E-state index contributed by atoms with van der Waals surface area (Å²) in [6.07, 6.45) is 4.54. The summed E-state index contributed by atoms with van der Waals surface area (Å²) in [6.45, 7) is 4.00. The van der Waals surface area contributed by atoms with Crippen molar-refractivity contribution in [3.8, 4) is 11.6 Å². The predicted octanol–water partition coefficient (Wildman–Crippen LogP) is 3.81. The topological polar surface area (TPSA) is 31.4 Å². The largest absolute Gasteiger partial charge is 0.490 e. The number of nitrogens with zero attached hydrogens (tertiary/aromatic N) is 1. The third-order valence-corrected chi connectivity index (χ3v) is 2.72. The van der Waals surface area contributed by atoms with Crippen LogP contribution in [0.3, 0.4) is 0 Å². The Morgan fingerprint density at radius 2 is 1.94 bits per heavy atom. The molecule has 0 spiro atoms. The molecule has 0 N–H and O–H groups in total. The van der Waals surface area contributed by atoms with E-state index in [4.69, 9.17) is 9.47 Å². The van der Waals surface area contributed by atoms with E-state index in [0.717, 1.165) is 16.5 Å². The zero-order valence-corrected chi connectivity index (χ0v) is 11.1. The average molecular weight is 245 g/mol. The molecule has 3 heteroatoms. The van der Waals surface area contributed by atoms with E-state index in [9.17, 15) is 0 Å². The first-order valence-electron chi connectivity index (χ1n) is 6.46. The molecule has 3 nitrogen and oxygen atoms in total. The van der Waals surface area contributed by atoms with E-state index in [0.29, 0.717) is 12.0 Å². The van der Waals surface area contributed by atoms with Crippen LogP contribution in [0.5, 0.6) is 11.6 Å². The van der Waals surface area contributed by atoms with Crippen LogP contribution < -0.4 is 9.47 Å². The summed E-state index contributed by atoms with van der Waals surface area (Å²) in [5.74, 6) is 1.60. The monoisotopic (exact) mass is 245 g/mol. The number of aromatic nitrogens is 1. The summed E-state index contributed by atoms with van der Waals surface area (Å²) in [6, 6.07) is 7.99. The number of fused-ring (bicyclic) bond motifs is 1. The molecule has 1 aliphatic carbocycles. The molecule has 0 amide bonds. The van der Waals surface area contributed by atoms with Gasteiger partial charge >= 0.3 is 0 Å². The molecule has 2 aromatic rings. The van der Waals surface area contributed by atoms with Crippen molar-refractivity contribution >= 4 is 10.8 Å². The number of pyridine rings is 1. The molecule has 18 heavy (non-hydrogen) atoms. The first kappa shape index (κ1) is 12.7. The number of rotatable bonds is 3. The minimum atomic E-state index is 0.432. The minimum Gasteiger partial charge on any atom is -0.490 e. The molecule has 1 saturated carbocycles. The lowest BCUT2D eigenvalue weighted by Gasteiger charge is -2.07. The van der Waals surface area contributed by atoms with Crippen molar-refractivity contribution in [2.45, 2.75) is 32.8 Å². The quantitative estimate of drug-likeness (QED) is 0.824. The fourth-order valence-electron chi connectivity index (χ4n) is 1.74. The van der Waals surface area contributed by atoms with Gasteiger partial charge in [0.25, 0.3) is 0 Å². The summed E-state index contributed by atoms with van der Waals surface area (Å²) < 4.78 is 11.0. The Hall–Kier alpha value is -1.77. The van der Waals surface area contributed by atoms with Crippen molar-refractivity contribution in [3.05, 3.63) is 30.5 Å². The normalized spacial score (nSPS) is 13.7. The molecule has 0 saturated heterocycles. The fraction of sp³-hybridized carbons (Fsp3) is 0.400. The van der Waals surface area contributed by atoms with E-state index in [1.165, 1.54) is 12.8 Å². The summed E-state index contributed by atoms with van der Waals surface area (Å²) >= 11 is 0. The number of ether oxygens (including phenoxy) is 2. The Bertz CT molecular complexity index is 521. The predicted molar refractivity (Wildman–Crippen MR) is 73.3 cm³/mol. The fourth-order valence-corrected chi connectivity index (χ4v) is 1.74. The zero-order valence-electron chi connectivity index (χ0n) is 11.1. The first-order valence-corrected chi connectivity index (χ1v) is 6.46. The zero-order chi connectivity index (χ0) is 13.0. The molecule has 0 aliphatic heterocycles. The molecule has 96 valence electrons. The average Bonchev–Trinajstić information content (AvgIpc) is 3.24. The van der Waals surface area contributed by atoms with Gasteiger partial charge in [0.05, 0.1) is 13.2 Å². The van der Waals surface area contributed by atoms with Gasteiger partial charge in [-0.3, -0.25) is 0 Å². The van der Waals surface area contributed by atoms with Gasteiger partial charge in [0.1, 0.15) is 5.75 Å². The third-order valence-electron chi connectivity index (χ3n) is 2.72. The lowest BCUT2D eigenvalue weighted by Crippen LogP contribution is -1.95. The number of methoxy groups -OCH3 is 1. The van der Waals surface area contributed by atoms with Crippen LogP contribution in [0.2, 0.25) is 0 Å². The van der Waals surface area contributed by atoms with E-state index in [2.05, 4.69) is 4.98 Å². The maximum atomic E-state index is 5.75. The summed E-state index contributed by atoms with van der Waals surface area (Å²) in [5, 5.41) is 2.12. The van der Waals surface area contributed by atoms with Crippen molar-refractivity contribution in [2.24, 2.45) is 0 Å². The van der Waals surface area contributed by atoms with Crippen LogP contribution in [0.1, 0.15) is 26.7 Å². The van der Waals surface area contributed by atoms with Gasteiger partial charge in [-0.15, -0.1) is 0 Å². The van der Waals surface area contributed by atoms with Gasteiger partial charge in [0.2, 0.25) is 5.88 Å². The molecular weight excluding hydrogens is 226 g/mol. The summed E-state index contributed by atoms with van der Waals surface area (Å²) in [5.41, 5.74) is 0. The highest BCUT2D eigenvalue weighted by molar-refractivity contribution is 5.87. The highest BCUT2D eigenvalue weighted by Crippen LogP contribution is 2.30. The molecule has 1 heterocycles. The highest BCUT2D eigenvalue weighted by atomic mass is 16.5. The second-order valence-electron chi connectivity index (χ2n) is 4.02.